The molecule has 0 rings (SSSR count). The van der Waals surface area contributed by atoms with Crippen molar-refractivity contribution in [1.82, 2.24) is 0 Å². The molecule has 2 nitrogen and oxygen atoms in total. The molecule has 0 saturated carbocycles. The Bertz CT molecular complexity index is 63.5. The average molecular weight is 117 g/mol. The summed E-state index contributed by atoms with van der Waals surface area (Å²) in [6.07, 6.45) is 0. The standard InChI is InChI=1S/C6H15NO/c1-6(2,3)7(4,5)8/h1-5H3. The normalized spacial score (nSPS) is 14.2. The number of nitrogens with zero attached hydrogens (tertiary/aromatic N) is 1. The maximum atomic E-state index is 11.1. The molecular formula is C6H15NO. The molecule has 0 aromatic rings. The van der Waals surface area contributed by atoms with Crippen molar-refractivity contribution >= 4 is 0 Å². The first kappa shape index (κ1) is 7.92. The van der Waals surface area contributed by atoms with E-state index in [-0.39, 0.29) is 10.2 Å². The van der Waals surface area contributed by atoms with Crippen molar-refractivity contribution in [2.24, 2.45) is 0 Å². The van der Waals surface area contributed by atoms with Crippen LogP contribution >= 0.6 is 0 Å². The second-order valence-corrected chi connectivity index (χ2v) is 3.52. The van der Waals surface area contributed by atoms with E-state index >= 15 is 0 Å². The van der Waals surface area contributed by atoms with Crippen LogP contribution in [-0.2, 0) is 0 Å². The van der Waals surface area contributed by atoms with Gasteiger partial charge in [-0.05, 0) is 20.8 Å². The Hall–Kier alpha value is -0.0800. The largest absolute Gasteiger partial charge is 0.633 e. The second-order valence-electron chi connectivity index (χ2n) is 3.52. The lowest BCUT2D eigenvalue weighted by Crippen LogP contribution is -2.49. The molecule has 0 aliphatic carbocycles. The van der Waals surface area contributed by atoms with Gasteiger partial charge in [-0.1, -0.05) is 0 Å². The van der Waals surface area contributed by atoms with Crippen molar-refractivity contribution in [3.05, 3.63) is 5.21 Å². The first-order valence-corrected chi connectivity index (χ1v) is 2.80. The highest BCUT2D eigenvalue weighted by Crippen LogP contribution is 2.15. The van der Waals surface area contributed by atoms with Crippen molar-refractivity contribution in [3.8, 4) is 0 Å². The summed E-state index contributed by atoms with van der Waals surface area (Å²) < 4.78 is -0.229. The molecule has 50 valence electrons. The minimum atomic E-state index is -0.229. The Morgan fingerprint density at radius 3 is 1.25 bits per heavy atom. The van der Waals surface area contributed by atoms with Crippen LogP contribution in [0.25, 0.3) is 0 Å². The lowest BCUT2D eigenvalue weighted by Gasteiger charge is -2.46. The Morgan fingerprint density at radius 2 is 1.25 bits per heavy atom. The zero-order chi connectivity index (χ0) is 7.00. The molecule has 0 fully saturated rings. The van der Waals surface area contributed by atoms with Crippen LogP contribution in [0.3, 0.4) is 0 Å². The maximum Gasteiger partial charge on any atom is 0.0900 e. The SMILES string of the molecule is CC(C)(C)[N+](C)(C)[O-]. The van der Waals surface area contributed by atoms with Crippen LogP contribution in [0.4, 0.5) is 0 Å². The van der Waals surface area contributed by atoms with E-state index in [4.69, 9.17) is 0 Å². The molecule has 0 aliphatic heterocycles. The number of quaternary nitrogens is 1. The fourth-order valence-electron chi connectivity index (χ4n) is 0. The van der Waals surface area contributed by atoms with Gasteiger partial charge < -0.3 is 9.85 Å². The van der Waals surface area contributed by atoms with Crippen LogP contribution in [0.1, 0.15) is 20.8 Å². The highest BCUT2D eigenvalue weighted by molar-refractivity contribution is 4.59. The van der Waals surface area contributed by atoms with Gasteiger partial charge in [0, 0.05) is 0 Å². The summed E-state index contributed by atoms with van der Waals surface area (Å²) in [5, 5.41) is 11.1. The molecule has 2 heteroatoms. The molecule has 0 saturated heterocycles. The summed E-state index contributed by atoms with van der Waals surface area (Å²) >= 11 is 0. The summed E-state index contributed by atoms with van der Waals surface area (Å²) in [4.78, 5) is 0. The molecule has 0 unspecified atom stereocenters. The number of hydrogen-bond acceptors (Lipinski definition) is 1. The summed E-state index contributed by atoms with van der Waals surface area (Å²) in [6.45, 7) is 5.79. The van der Waals surface area contributed by atoms with Crippen LogP contribution < -0.4 is 0 Å². The summed E-state index contributed by atoms with van der Waals surface area (Å²) in [6, 6.07) is 0. The molecule has 0 bridgehead atoms. The topological polar surface area (TPSA) is 23.1 Å². The molecule has 0 N–H and O–H groups in total. The number of hydrogen-bond donors (Lipinski definition) is 0. The van der Waals surface area contributed by atoms with E-state index in [1.54, 1.807) is 14.1 Å². The van der Waals surface area contributed by atoms with Crippen LogP contribution in [0.2, 0.25) is 0 Å². The van der Waals surface area contributed by atoms with Gasteiger partial charge in [0.1, 0.15) is 0 Å². The van der Waals surface area contributed by atoms with Crippen molar-refractivity contribution < 1.29 is 4.65 Å². The van der Waals surface area contributed by atoms with Crippen molar-refractivity contribution in [2.45, 2.75) is 26.3 Å². The summed E-state index contributed by atoms with van der Waals surface area (Å²) in [5.41, 5.74) is -0.181. The third kappa shape index (κ3) is 1.80. The fraction of sp³-hybridized carbons (Fsp3) is 1.00. The highest BCUT2D eigenvalue weighted by Gasteiger charge is 2.22. The van der Waals surface area contributed by atoms with Crippen LogP contribution in [0.5, 0.6) is 0 Å². The lowest BCUT2D eigenvalue weighted by molar-refractivity contribution is -0.888. The van der Waals surface area contributed by atoms with E-state index in [1.807, 2.05) is 20.8 Å². The van der Waals surface area contributed by atoms with Gasteiger partial charge in [-0.25, -0.2) is 0 Å². The van der Waals surface area contributed by atoms with Gasteiger partial charge in [-0.3, -0.25) is 0 Å². The van der Waals surface area contributed by atoms with Gasteiger partial charge in [-0.2, -0.15) is 0 Å². The second kappa shape index (κ2) is 1.71. The molecule has 0 aromatic heterocycles. The quantitative estimate of drug-likeness (QED) is 0.347. The van der Waals surface area contributed by atoms with Gasteiger partial charge in [-0.15, -0.1) is 0 Å². The zero-order valence-electron chi connectivity index (χ0n) is 6.36. The van der Waals surface area contributed by atoms with E-state index < -0.39 is 0 Å². The fourth-order valence-corrected chi connectivity index (χ4v) is 0. The molecule has 0 atom stereocenters. The van der Waals surface area contributed by atoms with Crippen molar-refractivity contribution in [2.75, 3.05) is 14.1 Å². The smallest absolute Gasteiger partial charge is 0.0900 e. The van der Waals surface area contributed by atoms with Gasteiger partial charge >= 0.3 is 0 Å². The first-order chi connectivity index (χ1) is 3.25. The number of hydroxylamine groups is 3. The molecule has 0 heterocycles. The highest BCUT2D eigenvalue weighted by atomic mass is 16.5. The van der Waals surface area contributed by atoms with E-state index in [0.717, 1.165) is 0 Å². The van der Waals surface area contributed by atoms with Crippen molar-refractivity contribution in [3.63, 3.8) is 0 Å². The van der Waals surface area contributed by atoms with Crippen LogP contribution in [0.15, 0.2) is 0 Å². The minimum Gasteiger partial charge on any atom is -0.633 e. The number of rotatable bonds is 0. The van der Waals surface area contributed by atoms with Crippen LogP contribution in [0, 0.1) is 5.21 Å². The summed E-state index contributed by atoms with van der Waals surface area (Å²) in [5.74, 6) is 0. The molecule has 8 heavy (non-hydrogen) atoms. The van der Waals surface area contributed by atoms with Gasteiger partial charge in [0.2, 0.25) is 0 Å². The molecule has 0 spiro atoms. The Morgan fingerprint density at radius 1 is 1.12 bits per heavy atom. The van der Waals surface area contributed by atoms with Crippen molar-refractivity contribution in [1.29, 1.82) is 0 Å². The third-order valence-corrected chi connectivity index (χ3v) is 1.62. The predicted octanol–water partition coefficient (Wildman–Crippen LogP) is 1.36. The van der Waals surface area contributed by atoms with Crippen LogP contribution in [-0.4, -0.2) is 24.3 Å². The zero-order valence-corrected chi connectivity index (χ0v) is 6.36. The lowest BCUT2D eigenvalue weighted by atomic mass is 10.1. The molecule has 0 radical (unpaired) electrons. The van der Waals surface area contributed by atoms with E-state index in [2.05, 4.69) is 0 Å². The van der Waals surface area contributed by atoms with E-state index in [0.29, 0.717) is 0 Å². The molecular weight excluding hydrogens is 102 g/mol. The maximum absolute atomic E-state index is 11.1. The summed E-state index contributed by atoms with van der Waals surface area (Å²) in [7, 11) is 3.31. The van der Waals surface area contributed by atoms with Gasteiger partial charge in [0.05, 0.1) is 19.6 Å². The Kier molecular flexibility index (Phi) is 1.69. The van der Waals surface area contributed by atoms with Gasteiger partial charge in [0.15, 0.2) is 0 Å². The molecule has 0 amide bonds. The van der Waals surface area contributed by atoms with E-state index in [1.165, 1.54) is 0 Å². The predicted molar refractivity (Wildman–Crippen MR) is 35.2 cm³/mol. The molecule has 0 aromatic carbocycles. The first-order valence-electron chi connectivity index (χ1n) is 2.80. The monoisotopic (exact) mass is 117 g/mol. The minimum absolute atomic E-state index is 0.181. The Balaban J connectivity index is 4.02. The molecule has 0 aliphatic rings. The van der Waals surface area contributed by atoms with Gasteiger partial charge in [0.25, 0.3) is 0 Å². The van der Waals surface area contributed by atoms with E-state index in [9.17, 15) is 5.21 Å². The Labute approximate surface area is 51.3 Å². The third-order valence-electron chi connectivity index (χ3n) is 1.62. The average Bonchev–Trinajstić information content (AvgIpc) is 1.25.